The second-order valence-corrected chi connectivity index (χ2v) is 3.21. The maximum atomic E-state index is 5.11. The van der Waals surface area contributed by atoms with E-state index in [2.05, 4.69) is 12.2 Å². The van der Waals surface area contributed by atoms with Crippen molar-refractivity contribution < 1.29 is 4.43 Å². The van der Waals surface area contributed by atoms with Crippen molar-refractivity contribution in [1.82, 2.24) is 0 Å². The molecule has 1 aliphatic rings. The lowest BCUT2D eigenvalue weighted by Crippen LogP contribution is -2.06. The Bertz CT molecular complexity index is 107. The highest BCUT2D eigenvalue weighted by atomic mass is 28.3. The molecular formula is C5H7OSi. The van der Waals surface area contributed by atoms with Gasteiger partial charge in [-0.25, -0.2) is 0 Å². The van der Waals surface area contributed by atoms with Gasteiger partial charge in [-0.3, -0.25) is 0 Å². The number of rotatable bonds is 0. The number of hydrogen-bond acceptors (Lipinski definition) is 1. The summed E-state index contributed by atoms with van der Waals surface area (Å²) in [5.41, 5.74) is 2.10. The van der Waals surface area contributed by atoms with Gasteiger partial charge in [0.1, 0.15) is 0 Å². The molecule has 37 valence electrons. The van der Waals surface area contributed by atoms with Gasteiger partial charge in [-0.15, -0.1) is 0 Å². The molecule has 0 saturated heterocycles. The molecule has 0 aromatic rings. The molecule has 1 heterocycles. The van der Waals surface area contributed by atoms with Crippen molar-refractivity contribution in [3.8, 4) is 0 Å². The normalized spacial score (nSPS) is 19.6. The number of hydrogen-bond donors (Lipinski definition) is 0. The molecule has 0 saturated carbocycles. The SMILES string of the molecule is C[Si]1C=CC=CO1. The van der Waals surface area contributed by atoms with Crippen LogP contribution in [-0.4, -0.2) is 9.04 Å². The van der Waals surface area contributed by atoms with Crippen LogP contribution in [0.4, 0.5) is 0 Å². The van der Waals surface area contributed by atoms with Gasteiger partial charge < -0.3 is 4.43 Å². The van der Waals surface area contributed by atoms with Crippen LogP contribution in [0.1, 0.15) is 0 Å². The maximum Gasteiger partial charge on any atom is 0.305 e. The molecule has 7 heavy (non-hydrogen) atoms. The Kier molecular flexibility index (Phi) is 1.31. The molecule has 1 nitrogen and oxygen atoms in total. The molecule has 0 unspecified atom stereocenters. The molecule has 0 N–H and O–H groups in total. The van der Waals surface area contributed by atoms with E-state index in [4.69, 9.17) is 4.43 Å². The molecule has 2 heteroatoms. The first-order valence-electron chi connectivity index (χ1n) is 2.23. The van der Waals surface area contributed by atoms with Gasteiger partial charge in [0.15, 0.2) is 0 Å². The van der Waals surface area contributed by atoms with E-state index in [9.17, 15) is 0 Å². The summed E-state index contributed by atoms with van der Waals surface area (Å²) in [6.07, 6.45) is 5.67. The summed E-state index contributed by atoms with van der Waals surface area (Å²) < 4.78 is 5.11. The van der Waals surface area contributed by atoms with Gasteiger partial charge in [-0.2, -0.15) is 0 Å². The van der Waals surface area contributed by atoms with Crippen molar-refractivity contribution in [2.75, 3.05) is 0 Å². The smallest absolute Gasteiger partial charge is 0.305 e. The third kappa shape index (κ3) is 1.20. The van der Waals surface area contributed by atoms with Gasteiger partial charge in [0.25, 0.3) is 0 Å². The van der Waals surface area contributed by atoms with Gasteiger partial charge in [-0.05, 0) is 12.6 Å². The Balaban J connectivity index is 2.49. The van der Waals surface area contributed by atoms with Crippen LogP contribution >= 0.6 is 0 Å². The Morgan fingerprint density at radius 2 is 2.29 bits per heavy atom. The summed E-state index contributed by atoms with van der Waals surface area (Å²) in [5.74, 6) is 0. The molecule has 0 aromatic carbocycles. The predicted molar refractivity (Wildman–Crippen MR) is 31.0 cm³/mol. The lowest BCUT2D eigenvalue weighted by atomic mass is 10.6. The Morgan fingerprint density at radius 3 is 2.57 bits per heavy atom. The van der Waals surface area contributed by atoms with Gasteiger partial charge in [0, 0.05) is 0 Å². The molecule has 0 aliphatic carbocycles. The third-order valence-electron chi connectivity index (χ3n) is 0.775. The van der Waals surface area contributed by atoms with Crippen molar-refractivity contribution in [3.05, 3.63) is 24.1 Å². The average molecular weight is 111 g/mol. The lowest BCUT2D eigenvalue weighted by molar-refractivity contribution is 0.503. The largest absolute Gasteiger partial charge is 0.544 e. The summed E-state index contributed by atoms with van der Waals surface area (Å²) >= 11 is 0. The Labute approximate surface area is 45.0 Å². The van der Waals surface area contributed by atoms with Crippen LogP contribution in [0.2, 0.25) is 6.55 Å². The summed E-state index contributed by atoms with van der Waals surface area (Å²) in [4.78, 5) is 0. The van der Waals surface area contributed by atoms with Crippen molar-refractivity contribution in [2.45, 2.75) is 6.55 Å². The van der Waals surface area contributed by atoms with E-state index < -0.39 is 9.04 Å². The fourth-order valence-electron chi connectivity index (χ4n) is 0.422. The zero-order chi connectivity index (χ0) is 5.11. The van der Waals surface area contributed by atoms with E-state index in [1.807, 2.05) is 12.2 Å². The zero-order valence-corrected chi connectivity index (χ0v) is 5.22. The van der Waals surface area contributed by atoms with Crippen LogP contribution in [0.25, 0.3) is 0 Å². The quantitative estimate of drug-likeness (QED) is 0.427. The Morgan fingerprint density at radius 1 is 1.43 bits per heavy atom. The van der Waals surface area contributed by atoms with E-state index in [-0.39, 0.29) is 0 Å². The van der Waals surface area contributed by atoms with Gasteiger partial charge in [-0.1, -0.05) is 11.8 Å². The van der Waals surface area contributed by atoms with Crippen molar-refractivity contribution in [2.24, 2.45) is 0 Å². The Hall–Kier alpha value is -0.503. The fourth-order valence-corrected chi connectivity index (χ4v) is 1.18. The van der Waals surface area contributed by atoms with Gasteiger partial charge in [0.2, 0.25) is 0 Å². The van der Waals surface area contributed by atoms with Gasteiger partial charge >= 0.3 is 9.04 Å². The van der Waals surface area contributed by atoms with Crippen LogP contribution in [0.15, 0.2) is 24.1 Å². The molecular weight excluding hydrogens is 104 g/mol. The van der Waals surface area contributed by atoms with Gasteiger partial charge in [0.05, 0.1) is 6.26 Å². The first-order valence-corrected chi connectivity index (χ1v) is 4.21. The predicted octanol–water partition coefficient (Wildman–Crippen LogP) is 1.25. The highest BCUT2D eigenvalue weighted by molar-refractivity contribution is 6.56. The van der Waals surface area contributed by atoms with E-state index in [0.717, 1.165) is 0 Å². The fraction of sp³-hybridized carbons (Fsp3) is 0.200. The van der Waals surface area contributed by atoms with E-state index in [1.165, 1.54) is 0 Å². The van der Waals surface area contributed by atoms with E-state index in [1.54, 1.807) is 6.26 Å². The summed E-state index contributed by atoms with van der Waals surface area (Å²) in [6, 6.07) is 0. The third-order valence-corrected chi connectivity index (χ3v) is 1.94. The second-order valence-electron chi connectivity index (χ2n) is 1.42. The molecule has 0 bridgehead atoms. The van der Waals surface area contributed by atoms with Crippen molar-refractivity contribution in [3.63, 3.8) is 0 Å². The number of allylic oxidation sites excluding steroid dienone is 2. The highest BCUT2D eigenvalue weighted by Crippen LogP contribution is 1.95. The molecule has 1 radical (unpaired) electrons. The van der Waals surface area contributed by atoms with Crippen LogP contribution in [0, 0.1) is 0 Å². The molecule has 1 aliphatic heterocycles. The van der Waals surface area contributed by atoms with Crippen molar-refractivity contribution in [1.29, 1.82) is 0 Å². The van der Waals surface area contributed by atoms with Crippen LogP contribution in [0.5, 0.6) is 0 Å². The second kappa shape index (κ2) is 1.98. The van der Waals surface area contributed by atoms with Crippen LogP contribution in [0.3, 0.4) is 0 Å². The molecule has 0 aromatic heterocycles. The minimum absolute atomic E-state index is 0.560. The van der Waals surface area contributed by atoms with Crippen LogP contribution in [-0.2, 0) is 4.43 Å². The summed E-state index contributed by atoms with van der Waals surface area (Å²) in [6.45, 7) is 2.10. The zero-order valence-electron chi connectivity index (χ0n) is 4.22. The first kappa shape index (κ1) is 4.65. The van der Waals surface area contributed by atoms with E-state index >= 15 is 0 Å². The molecule has 1 rings (SSSR count). The van der Waals surface area contributed by atoms with Crippen molar-refractivity contribution >= 4 is 9.04 Å². The minimum atomic E-state index is -0.560. The monoisotopic (exact) mass is 111 g/mol. The molecule has 0 fully saturated rings. The average Bonchev–Trinajstić information content (AvgIpc) is 1.69. The van der Waals surface area contributed by atoms with E-state index in [0.29, 0.717) is 0 Å². The molecule has 0 atom stereocenters. The molecule has 0 amide bonds. The highest BCUT2D eigenvalue weighted by Gasteiger charge is 1.99. The standard InChI is InChI=1S/C5H7OSi/c1-7-5-3-2-4-6-7/h2-5H,1H3. The summed E-state index contributed by atoms with van der Waals surface area (Å²) in [5, 5.41) is 0. The minimum Gasteiger partial charge on any atom is -0.544 e. The van der Waals surface area contributed by atoms with Crippen LogP contribution < -0.4 is 0 Å². The lowest BCUT2D eigenvalue weighted by Gasteiger charge is -2.03. The molecule has 0 spiro atoms. The maximum absolute atomic E-state index is 5.11. The first-order chi connectivity index (χ1) is 3.39. The summed E-state index contributed by atoms with van der Waals surface area (Å²) in [7, 11) is -0.560. The topological polar surface area (TPSA) is 9.23 Å².